The molecule has 2 aliphatic rings. The van der Waals surface area contributed by atoms with Crippen LogP contribution in [0.5, 0.6) is 0 Å². The predicted molar refractivity (Wildman–Crippen MR) is 140 cm³/mol. The predicted octanol–water partition coefficient (Wildman–Crippen LogP) is 3.66. The van der Waals surface area contributed by atoms with Crippen LogP contribution in [-0.4, -0.2) is 47.9 Å². The minimum atomic E-state index is -3.42. The van der Waals surface area contributed by atoms with Crippen LogP contribution in [0.3, 0.4) is 0 Å². The first kappa shape index (κ1) is 22.9. The Kier molecular flexibility index (Phi) is 5.24. The summed E-state index contributed by atoms with van der Waals surface area (Å²) in [6.07, 6.45) is 5.97. The average molecular weight is 501 g/mol. The number of nitrogens with zero attached hydrogens (tertiary/aromatic N) is 4. The highest BCUT2D eigenvalue weighted by atomic mass is 32.2. The van der Waals surface area contributed by atoms with Crippen LogP contribution >= 0.6 is 0 Å². The molecule has 2 aromatic carbocycles. The van der Waals surface area contributed by atoms with E-state index in [1.54, 1.807) is 30.5 Å². The molecule has 0 radical (unpaired) electrons. The van der Waals surface area contributed by atoms with E-state index in [1.165, 1.54) is 17.4 Å². The molecule has 1 aliphatic carbocycles. The summed E-state index contributed by atoms with van der Waals surface area (Å²) >= 11 is 0. The number of nitrogens with two attached hydrogens (primary N) is 1. The van der Waals surface area contributed by atoms with E-state index in [-0.39, 0.29) is 16.4 Å². The van der Waals surface area contributed by atoms with Crippen molar-refractivity contribution in [3.63, 3.8) is 0 Å². The molecule has 3 heterocycles. The molecular formula is C27H28N6O2S. The fourth-order valence-corrected chi connectivity index (χ4v) is 6.73. The Bertz CT molecular complexity index is 1600. The SMILES string of the molecule is C=C(c1ccccc1S(C)(=O)=O)c1[nH]nc2nc(N3CCC4(CC3)Cc3ccccc3[C@H]4N)cnc12. The summed E-state index contributed by atoms with van der Waals surface area (Å²) in [6, 6.07) is 15.4. The molecular weight excluding hydrogens is 472 g/mol. The molecule has 3 N–H and O–H groups in total. The molecule has 1 atom stereocenters. The number of benzene rings is 2. The van der Waals surface area contributed by atoms with Crippen molar-refractivity contribution < 1.29 is 8.42 Å². The first-order valence-corrected chi connectivity index (χ1v) is 13.9. The number of rotatable bonds is 4. The van der Waals surface area contributed by atoms with Gasteiger partial charge in [-0.15, -0.1) is 0 Å². The quantitative estimate of drug-likeness (QED) is 0.439. The molecule has 0 amide bonds. The second-order valence-electron chi connectivity index (χ2n) is 9.95. The number of hydrogen-bond donors (Lipinski definition) is 2. The van der Waals surface area contributed by atoms with Crippen LogP contribution in [0, 0.1) is 5.41 Å². The van der Waals surface area contributed by atoms with E-state index in [4.69, 9.17) is 10.7 Å². The molecule has 0 unspecified atom stereocenters. The van der Waals surface area contributed by atoms with Gasteiger partial charge in [0.25, 0.3) is 0 Å². The van der Waals surface area contributed by atoms with Crippen LogP contribution in [0.4, 0.5) is 5.82 Å². The van der Waals surface area contributed by atoms with Gasteiger partial charge < -0.3 is 10.6 Å². The van der Waals surface area contributed by atoms with E-state index in [0.717, 1.165) is 38.2 Å². The van der Waals surface area contributed by atoms with Gasteiger partial charge in [-0.2, -0.15) is 5.10 Å². The van der Waals surface area contributed by atoms with E-state index in [1.807, 2.05) is 0 Å². The zero-order chi connectivity index (χ0) is 25.1. The molecule has 9 heteroatoms. The number of aromatic nitrogens is 4. The van der Waals surface area contributed by atoms with Crippen molar-refractivity contribution in [2.75, 3.05) is 24.2 Å². The smallest absolute Gasteiger partial charge is 0.202 e. The summed E-state index contributed by atoms with van der Waals surface area (Å²) < 4.78 is 24.6. The van der Waals surface area contributed by atoms with E-state index in [2.05, 4.69) is 50.9 Å². The summed E-state index contributed by atoms with van der Waals surface area (Å²) in [5.41, 5.74) is 12.1. The molecule has 1 saturated heterocycles. The maximum absolute atomic E-state index is 12.3. The maximum Gasteiger partial charge on any atom is 0.202 e. The lowest BCUT2D eigenvalue weighted by Gasteiger charge is -2.42. The van der Waals surface area contributed by atoms with Gasteiger partial charge in [0.2, 0.25) is 5.65 Å². The highest BCUT2D eigenvalue weighted by Gasteiger charge is 2.45. The van der Waals surface area contributed by atoms with Crippen molar-refractivity contribution >= 4 is 32.4 Å². The molecule has 184 valence electrons. The molecule has 4 aromatic rings. The lowest BCUT2D eigenvalue weighted by atomic mass is 9.73. The van der Waals surface area contributed by atoms with Crippen molar-refractivity contribution in [1.29, 1.82) is 0 Å². The van der Waals surface area contributed by atoms with Crippen molar-refractivity contribution in [2.24, 2.45) is 11.1 Å². The average Bonchev–Trinajstić information content (AvgIpc) is 3.42. The minimum absolute atomic E-state index is 0.0686. The minimum Gasteiger partial charge on any atom is -0.355 e. The number of nitrogens with one attached hydrogen (secondary N) is 1. The molecule has 0 saturated carbocycles. The molecule has 1 aliphatic heterocycles. The Morgan fingerprint density at radius 1 is 1.14 bits per heavy atom. The van der Waals surface area contributed by atoms with Crippen LogP contribution in [0.2, 0.25) is 0 Å². The summed E-state index contributed by atoms with van der Waals surface area (Å²) in [6.45, 7) is 5.85. The molecule has 6 rings (SSSR count). The number of hydrogen-bond acceptors (Lipinski definition) is 7. The van der Waals surface area contributed by atoms with Gasteiger partial charge in [-0.05, 0) is 41.9 Å². The Morgan fingerprint density at radius 3 is 2.61 bits per heavy atom. The second kappa shape index (κ2) is 8.25. The van der Waals surface area contributed by atoms with Crippen LogP contribution in [0.15, 0.2) is 66.2 Å². The highest BCUT2D eigenvalue weighted by Crippen LogP contribution is 2.50. The monoisotopic (exact) mass is 500 g/mol. The third kappa shape index (κ3) is 3.61. The fourth-order valence-electron chi connectivity index (χ4n) is 5.81. The largest absolute Gasteiger partial charge is 0.355 e. The lowest BCUT2D eigenvalue weighted by Crippen LogP contribution is -2.44. The Labute approximate surface area is 210 Å². The normalized spacial score (nSPS) is 19.1. The van der Waals surface area contributed by atoms with Gasteiger partial charge in [-0.1, -0.05) is 49.0 Å². The third-order valence-corrected chi connectivity index (χ3v) is 9.00. The molecule has 2 aromatic heterocycles. The fraction of sp³-hybridized carbons (Fsp3) is 0.296. The van der Waals surface area contributed by atoms with Crippen LogP contribution in [-0.2, 0) is 16.3 Å². The third-order valence-electron chi connectivity index (χ3n) is 7.84. The second-order valence-corrected chi connectivity index (χ2v) is 11.9. The Morgan fingerprint density at radius 2 is 1.86 bits per heavy atom. The van der Waals surface area contributed by atoms with E-state index in [9.17, 15) is 8.42 Å². The summed E-state index contributed by atoms with van der Waals surface area (Å²) in [4.78, 5) is 11.9. The Hall–Kier alpha value is -3.56. The van der Waals surface area contributed by atoms with Crippen LogP contribution in [0.1, 0.15) is 41.3 Å². The zero-order valence-electron chi connectivity index (χ0n) is 20.1. The molecule has 8 nitrogen and oxygen atoms in total. The Balaban J connectivity index is 1.24. The molecule has 1 fully saturated rings. The number of sulfone groups is 1. The van der Waals surface area contributed by atoms with E-state index >= 15 is 0 Å². The van der Waals surface area contributed by atoms with Gasteiger partial charge in [0.15, 0.2) is 9.84 Å². The van der Waals surface area contributed by atoms with E-state index in [0.29, 0.717) is 28.0 Å². The molecule has 0 bridgehead atoms. The highest BCUT2D eigenvalue weighted by molar-refractivity contribution is 7.90. The van der Waals surface area contributed by atoms with Gasteiger partial charge in [-0.25, -0.2) is 18.4 Å². The topological polar surface area (TPSA) is 118 Å². The van der Waals surface area contributed by atoms with Gasteiger partial charge in [0.05, 0.1) is 16.8 Å². The standard InChI is InChI=1S/C27H28N6O2S/c1-17(19-8-5-6-10-21(19)36(2,34)35)23-24-26(32-31-23)30-22(16-29-24)33-13-11-27(12-14-33)15-18-7-3-4-9-20(18)25(27)28/h3-10,16,25H,1,11-15,28H2,2H3,(H,30,31,32)/t25-/m1/s1. The number of fused-ring (bicyclic) bond motifs is 2. The van der Waals surface area contributed by atoms with Crippen molar-refractivity contribution in [1.82, 2.24) is 20.2 Å². The van der Waals surface area contributed by atoms with Crippen molar-refractivity contribution in [3.8, 4) is 0 Å². The van der Waals surface area contributed by atoms with Gasteiger partial charge >= 0.3 is 0 Å². The van der Waals surface area contributed by atoms with Crippen LogP contribution < -0.4 is 10.6 Å². The van der Waals surface area contributed by atoms with Crippen molar-refractivity contribution in [2.45, 2.75) is 30.2 Å². The van der Waals surface area contributed by atoms with Crippen molar-refractivity contribution in [3.05, 3.63) is 83.7 Å². The maximum atomic E-state index is 12.3. The zero-order valence-corrected chi connectivity index (χ0v) is 20.9. The van der Waals surface area contributed by atoms with Gasteiger partial charge in [-0.3, -0.25) is 5.10 Å². The summed E-state index contributed by atoms with van der Waals surface area (Å²) in [5.74, 6) is 0.779. The number of H-pyrrole nitrogens is 1. The first-order valence-electron chi connectivity index (χ1n) is 12.0. The van der Waals surface area contributed by atoms with Crippen LogP contribution in [0.25, 0.3) is 16.7 Å². The number of aromatic amines is 1. The number of piperidine rings is 1. The van der Waals surface area contributed by atoms with E-state index < -0.39 is 9.84 Å². The van der Waals surface area contributed by atoms with Gasteiger partial charge in [0.1, 0.15) is 11.3 Å². The first-order chi connectivity index (χ1) is 17.3. The number of anilines is 1. The summed E-state index contributed by atoms with van der Waals surface area (Å²) in [7, 11) is -3.42. The molecule has 1 spiro atoms. The molecule has 36 heavy (non-hydrogen) atoms. The lowest BCUT2D eigenvalue weighted by molar-refractivity contribution is 0.187. The summed E-state index contributed by atoms with van der Waals surface area (Å²) in [5, 5.41) is 7.34. The van der Waals surface area contributed by atoms with Gasteiger partial charge in [0, 0.05) is 36.5 Å².